The van der Waals surface area contributed by atoms with Gasteiger partial charge in [0.15, 0.2) is 6.10 Å². The number of nitrogens with zero attached hydrogens (tertiary/aromatic N) is 1. The highest BCUT2D eigenvalue weighted by molar-refractivity contribution is 8.19. The first-order valence-corrected chi connectivity index (χ1v) is 9.71. The van der Waals surface area contributed by atoms with Gasteiger partial charge in [-0.05, 0) is 73.6 Å². The molecule has 2 aromatic carbocycles. The van der Waals surface area contributed by atoms with Crippen LogP contribution in [0.4, 0.5) is 10.5 Å². The van der Waals surface area contributed by atoms with Gasteiger partial charge in [0, 0.05) is 0 Å². The van der Waals surface area contributed by atoms with Gasteiger partial charge in [-0.25, -0.2) is 9.69 Å². The highest BCUT2D eigenvalue weighted by Gasteiger charge is 2.36. The molecule has 0 saturated carbocycles. The normalized spacial score (nSPS) is 16.2. The molecule has 0 aliphatic carbocycles. The van der Waals surface area contributed by atoms with Crippen LogP contribution in [0.2, 0.25) is 0 Å². The highest BCUT2D eigenvalue weighted by atomic mass is 32.2. The van der Waals surface area contributed by atoms with Crippen LogP contribution in [0.15, 0.2) is 53.4 Å². The maximum atomic E-state index is 12.7. The van der Waals surface area contributed by atoms with Gasteiger partial charge in [0.2, 0.25) is 0 Å². The van der Waals surface area contributed by atoms with E-state index in [0.29, 0.717) is 34.3 Å². The van der Waals surface area contributed by atoms with Gasteiger partial charge in [-0.2, -0.15) is 0 Å². The maximum absolute atomic E-state index is 12.7. The summed E-state index contributed by atoms with van der Waals surface area (Å²) in [4.78, 5) is 37.3. The van der Waals surface area contributed by atoms with E-state index in [0.717, 1.165) is 16.7 Å². The molecule has 0 spiro atoms. The zero-order valence-electron chi connectivity index (χ0n) is 15.8. The van der Waals surface area contributed by atoms with E-state index in [-0.39, 0.29) is 5.24 Å². The topological polar surface area (TPSA) is 93.1 Å². The van der Waals surface area contributed by atoms with Gasteiger partial charge < -0.3 is 14.6 Å². The molecule has 150 valence electrons. The van der Waals surface area contributed by atoms with Crippen molar-refractivity contribution in [1.29, 1.82) is 0 Å². The van der Waals surface area contributed by atoms with Crippen molar-refractivity contribution in [3.63, 3.8) is 0 Å². The van der Waals surface area contributed by atoms with E-state index in [1.165, 1.54) is 6.92 Å². The number of thioether (sulfide) groups is 1. The molecule has 3 rings (SSSR count). The molecular formula is C21H19NO6S. The highest BCUT2D eigenvalue weighted by Crippen LogP contribution is 2.36. The van der Waals surface area contributed by atoms with Crippen LogP contribution in [0.25, 0.3) is 6.08 Å². The SMILES string of the molecule is CCOc1ccc(N2C(=O)S/C(=C/c3ccc(OC(C)C(=O)O)cc3)C2=O)cc1. The number of hydrogen-bond acceptors (Lipinski definition) is 6. The van der Waals surface area contributed by atoms with E-state index < -0.39 is 18.0 Å². The average molecular weight is 413 g/mol. The molecule has 8 heteroatoms. The number of benzene rings is 2. The van der Waals surface area contributed by atoms with Crippen molar-refractivity contribution in [2.75, 3.05) is 11.5 Å². The van der Waals surface area contributed by atoms with Gasteiger partial charge in [-0.1, -0.05) is 12.1 Å². The Bertz CT molecular complexity index is 952. The monoisotopic (exact) mass is 413 g/mol. The first-order chi connectivity index (χ1) is 13.9. The number of carboxylic acids is 1. The molecule has 7 nitrogen and oxygen atoms in total. The summed E-state index contributed by atoms with van der Waals surface area (Å²) >= 11 is 0.863. The van der Waals surface area contributed by atoms with Crippen LogP contribution in [0.5, 0.6) is 11.5 Å². The quantitative estimate of drug-likeness (QED) is 0.681. The molecule has 1 atom stereocenters. The van der Waals surface area contributed by atoms with E-state index in [2.05, 4.69) is 0 Å². The van der Waals surface area contributed by atoms with Gasteiger partial charge in [0.25, 0.3) is 11.1 Å². The fourth-order valence-corrected chi connectivity index (χ4v) is 3.44. The van der Waals surface area contributed by atoms with Crippen molar-refractivity contribution in [3.05, 3.63) is 59.0 Å². The third kappa shape index (κ3) is 4.78. The molecule has 2 amide bonds. The molecule has 2 aromatic rings. The zero-order valence-corrected chi connectivity index (χ0v) is 16.6. The van der Waals surface area contributed by atoms with Crippen LogP contribution in [0.1, 0.15) is 19.4 Å². The minimum atomic E-state index is -1.06. The van der Waals surface area contributed by atoms with Gasteiger partial charge in [0.05, 0.1) is 17.2 Å². The lowest BCUT2D eigenvalue weighted by Gasteiger charge is -2.13. The molecule has 29 heavy (non-hydrogen) atoms. The predicted molar refractivity (Wildman–Crippen MR) is 110 cm³/mol. The predicted octanol–water partition coefficient (Wildman–Crippen LogP) is 4.18. The summed E-state index contributed by atoms with van der Waals surface area (Å²) in [6, 6.07) is 13.4. The molecule has 1 fully saturated rings. The summed E-state index contributed by atoms with van der Waals surface area (Å²) in [5.74, 6) is -0.390. The summed E-state index contributed by atoms with van der Waals surface area (Å²) in [5.41, 5.74) is 1.17. The lowest BCUT2D eigenvalue weighted by molar-refractivity contribution is -0.144. The molecule has 1 unspecified atom stereocenters. The minimum absolute atomic E-state index is 0.302. The lowest BCUT2D eigenvalue weighted by Crippen LogP contribution is -2.27. The molecular weight excluding hydrogens is 394 g/mol. The maximum Gasteiger partial charge on any atom is 0.344 e. The van der Waals surface area contributed by atoms with Crippen LogP contribution < -0.4 is 14.4 Å². The number of hydrogen-bond donors (Lipinski definition) is 1. The Balaban J connectivity index is 1.74. The number of carbonyl (C=O) groups is 3. The Morgan fingerprint density at radius 3 is 2.31 bits per heavy atom. The molecule has 0 bridgehead atoms. The lowest BCUT2D eigenvalue weighted by atomic mass is 10.2. The number of carbonyl (C=O) groups excluding carboxylic acids is 2. The third-order valence-corrected chi connectivity index (χ3v) is 4.91. The molecule has 1 N–H and O–H groups in total. The van der Waals surface area contributed by atoms with Crippen LogP contribution in [-0.4, -0.2) is 34.9 Å². The Morgan fingerprint density at radius 1 is 1.10 bits per heavy atom. The first-order valence-electron chi connectivity index (χ1n) is 8.89. The van der Waals surface area contributed by atoms with Gasteiger partial charge >= 0.3 is 5.97 Å². The van der Waals surface area contributed by atoms with Crippen molar-refractivity contribution in [2.24, 2.45) is 0 Å². The van der Waals surface area contributed by atoms with E-state index >= 15 is 0 Å². The van der Waals surface area contributed by atoms with Gasteiger partial charge in [0.1, 0.15) is 11.5 Å². The van der Waals surface area contributed by atoms with Crippen molar-refractivity contribution in [2.45, 2.75) is 20.0 Å². The second-order valence-electron chi connectivity index (χ2n) is 6.11. The van der Waals surface area contributed by atoms with E-state index in [4.69, 9.17) is 14.6 Å². The Labute approximate surface area is 171 Å². The number of anilines is 1. The number of amides is 2. The van der Waals surface area contributed by atoms with Crippen molar-refractivity contribution in [3.8, 4) is 11.5 Å². The van der Waals surface area contributed by atoms with Crippen LogP contribution in [0, 0.1) is 0 Å². The first kappa shape index (κ1) is 20.5. The number of imide groups is 1. The molecule has 0 radical (unpaired) electrons. The molecule has 1 aliphatic rings. The smallest absolute Gasteiger partial charge is 0.344 e. The Kier molecular flexibility index (Phi) is 6.23. The Morgan fingerprint density at radius 2 is 1.72 bits per heavy atom. The van der Waals surface area contributed by atoms with Gasteiger partial charge in [-0.15, -0.1) is 0 Å². The zero-order chi connectivity index (χ0) is 21.0. The van der Waals surface area contributed by atoms with Crippen molar-refractivity contribution < 1.29 is 29.0 Å². The van der Waals surface area contributed by atoms with Crippen LogP contribution in [0.3, 0.4) is 0 Å². The number of rotatable bonds is 7. The Hall–Kier alpha value is -3.26. The van der Waals surface area contributed by atoms with E-state index in [1.807, 2.05) is 6.92 Å². The van der Waals surface area contributed by atoms with E-state index in [1.54, 1.807) is 54.6 Å². The minimum Gasteiger partial charge on any atom is -0.494 e. The summed E-state index contributed by atoms with van der Waals surface area (Å²) in [7, 11) is 0. The summed E-state index contributed by atoms with van der Waals surface area (Å²) in [6.45, 7) is 3.84. The standard InChI is InChI=1S/C21H19NO6S/c1-3-27-16-10-6-15(7-11-16)22-19(23)18(29-21(22)26)12-14-4-8-17(9-5-14)28-13(2)20(24)25/h4-13H,3H2,1-2H3,(H,24,25)/b18-12+. The second-order valence-corrected chi connectivity index (χ2v) is 7.10. The molecule has 0 aromatic heterocycles. The summed E-state index contributed by atoms with van der Waals surface area (Å²) in [6.07, 6.45) is 0.649. The van der Waals surface area contributed by atoms with Crippen LogP contribution >= 0.6 is 11.8 Å². The fraction of sp³-hybridized carbons (Fsp3) is 0.190. The average Bonchev–Trinajstić information content (AvgIpc) is 2.97. The van der Waals surface area contributed by atoms with Crippen molar-refractivity contribution >= 4 is 40.6 Å². The number of aliphatic carboxylic acids is 1. The molecule has 1 heterocycles. The fourth-order valence-electron chi connectivity index (χ4n) is 2.60. The van der Waals surface area contributed by atoms with Crippen LogP contribution in [-0.2, 0) is 9.59 Å². The van der Waals surface area contributed by atoms with E-state index in [9.17, 15) is 14.4 Å². The molecule has 1 aliphatic heterocycles. The van der Waals surface area contributed by atoms with Gasteiger partial charge in [-0.3, -0.25) is 9.59 Å². The molecule has 1 saturated heterocycles. The summed E-state index contributed by atoms with van der Waals surface area (Å²) < 4.78 is 10.7. The second kappa shape index (κ2) is 8.83. The summed E-state index contributed by atoms with van der Waals surface area (Å²) in [5, 5.41) is 8.51. The number of ether oxygens (including phenoxy) is 2. The van der Waals surface area contributed by atoms with Crippen molar-refractivity contribution in [1.82, 2.24) is 0 Å². The largest absolute Gasteiger partial charge is 0.494 e. The number of carboxylic acid groups (broad SMARTS) is 1. The third-order valence-electron chi connectivity index (χ3n) is 4.04.